The molecule has 25 heavy (non-hydrogen) atoms. The van der Waals surface area contributed by atoms with Gasteiger partial charge in [0.1, 0.15) is 0 Å². The van der Waals surface area contributed by atoms with Crippen molar-refractivity contribution < 1.29 is 4.79 Å². The molecule has 1 aromatic carbocycles. The van der Waals surface area contributed by atoms with Gasteiger partial charge in [0.25, 0.3) is 0 Å². The van der Waals surface area contributed by atoms with Crippen LogP contribution in [0.3, 0.4) is 0 Å². The molecule has 2 aromatic rings. The Balaban J connectivity index is 1.28. The molecule has 6 nitrogen and oxygen atoms in total. The second kappa shape index (κ2) is 5.93. The zero-order valence-corrected chi connectivity index (χ0v) is 14.3. The van der Waals surface area contributed by atoms with Crippen LogP contribution in [-0.4, -0.2) is 26.1 Å². The zero-order chi connectivity index (χ0) is 16.8. The SMILES string of the molecule is O=C(C[C@H]1C[C@H]2CC[C@H]1C2)Nc1cccc(-c2nnnn2C2CC2)c1. The van der Waals surface area contributed by atoms with E-state index < -0.39 is 0 Å². The summed E-state index contributed by atoms with van der Waals surface area (Å²) in [5.74, 6) is 3.17. The number of hydrogen-bond acceptors (Lipinski definition) is 4. The Morgan fingerprint density at radius 2 is 2.12 bits per heavy atom. The molecule has 0 saturated heterocycles. The van der Waals surface area contributed by atoms with Crippen molar-refractivity contribution in [3.05, 3.63) is 24.3 Å². The van der Waals surface area contributed by atoms with Crippen LogP contribution >= 0.6 is 0 Å². The quantitative estimate of drug-likeness (QED) is 0.907. The number of nitrogens with one attached hydrogen (secondary N) is 1. The van der Waals surface area contributed by atoms with Crippen molar-refractivity contribution in [2.75, 3.05) is 5.32 Å². The van der Waals surface area contributed by atoms with Crippen LogP contribution in [0, 0.1) is 17.8 Å². The van der Waals surface area contributed by atoms with Gasteiger partial charge in [0.2, 0.25) is 5.91 Å². The van der Waals surface area contributed by atoms with Gasteiger partial charge in [0, 0.05) is 17.7 Å². The predicted molar refractivity (Wildman–Crippen MR) is 93.7 cm³/mol. The largest absolute Gasteiger partial charge is 0.326 e. The number of rotatable bonds is 5. The lowest BCUT2D eigenvalue weighted by Gasteiger charge is -2.20. The van der Waals surface area contributed by atoms with Crippen molar-refractivity contribution in [1.82, 2.24) is 20.2 Å². The van der Waals surface area contributed by atoms with Gasteiger partial charge in [0.05, 0.1) is 6.04 Å². The fourth-order valence-corrected chi connectivity index (χ4v) is 4.76. The summed E-state index contributed by atoms with van der Waals surface area (Å²) >= 11 is 0. The molecule has 0 radical (unpaired) electrons. The Labute approximate surface area is 147 Å². The molecule has 6 heteroatoms. The van der Waals surface area contributed by atoms with Crippen LogP contribution in [0.15, 0.2) is 24.3 Å². The molecule has 0 spiro atoms. The molecule has 3 aliphatic carbocycles. The van der Waals surface area contributed by atoms with Crippen LogP contribution < -0.4 is 5.32 Å². The van der Waals surface area contributed by atoms with Gasteiger partial charge in [-0.15, -0.1) is 5.10 Å². The van der Waals surface area contributed by atoms with Crippen molar-refractivity contribution in [2.45, 2.75) is 51.0 Å². The third-order valence-electron chi connectivity index (χ3n) is 6.12. The first-order valence-electron chi connectivity index (χ1n) is 9.44. The van der Waals surface area contributed by atoms with Crippen LogP contribution in [-0.2, 0) is 4.79 Å². The molecule has 3 atom stereocenters. The molecule has 5 rings (SSSR count). The number of aromatic nitrogens is 4. The summed E-state index contributed by atoms with van der Waals surface area (Å²) in [4.78, 5) is 12.5. The Morgan fingerprint density at radius 1 is 1.20 bits per heavy atom. The Morgan fingerprint density at radius 3 is 2.88 bits per heavy atom. The molecule has 1 N–H and O–H groups in total. The van der Waals surface area contributed by atoms with E-state index >= 15 is 0 Å². The van der Waals surface area contributed by atoms with Crippen molar-refractivity contribution in [3.63, 3.8) is 0 Å². The molecule has 3 saturated carbocycles. The maximum Gasteiger partial charge on any atom is 0.224 e. The fraction of sp³-hybridized carbons (Fsp3) is 0.579. The topological polar surface area (TPSA) is 72.7 Å². The highest BCUT2D eigenvalue weighted by Crippen LogP contribution is 2.49. The number of anilines is 1. The lowest BCUT2D eigenvalue weighted by atomic mass is 9.86. The summed E-state index contributed by atoms with van der Waals surface area (Å²) in [6.45, 7) is 0. The van der Waals surface area contributed by atoms with Gasteiger partial charge in [-0.25, -0.2) is 4.68 Å². The van der Waals surface area contributed by atoms with E-state index in [4.69, 9.17) is 0 Å². The molecule has 1 amide bonds. The summed E-state index contributed by atoms with van der Waals surface area (Å²) in [6.07, 6.45) is 8.22. The van der Waals surface area contributed by atoms with E-state index in [9.17, 15) is 4.79 Å². The third-order valence-corrected chi connectivity index (χ3v) is 6.12. The van der Waals surface area contributed by atoms with Crippen LogP contribution in [0.2, 0.25) is 0 Å². The highest BCUT2D eigenvalue weighted by Gasteiger charge is 2.40. The number of tetrazole rings is 1. The van der Waals surface area contributed by atoms with Crippen molar-refractivity contribution in [3.8, 4) is 11.4 Å². The second-order valence-corrected chi connectivity index (χ2v) is 7.95. The van der Waals surface area contributed by atoms with Crippen LogP contribution in [0.4, 0.5) is 5.69 Å². The highest BCUT2D eigenvalue weighted by atomic mass is 16.1. The average molecular weight is 337 g/mol. The monoisotopic (exact) mass is 337 g/mol. The summed E-state index contributed by atoms with van der Waals surface area (Å²) in [6, 6.07) is 8.29. The molecule has 1 aromatic heterocycles. The zero-order valence-electron chi connectivity index (χ0n) is 14.3. The van der Waals surface area contributed by atoms with Gasteiger partial charge in [-0.05, 0) is 72.4 Å². The summed E-state index contributed by atoms with van der Waals surface area (Å²) in [5, 5.41) is 15.2. The first kappa shape index (κ1) is 15.0. The molecular weight excluding hydrogens is 314 g/mol. The minimum Gasteiger partial charge on any atom is -0.326 e. The van der Waals surface area contributed by atoms with Crippen molar-refractivity contribution in [1.29, 1.82) is 0 Å². The lowest BCUT2D eigenvalue weighted by Crippen LogP contribution is -2.20. The van der Waals surface area contributed by atoms with E-state index in [0.29, 0.717) is 18.4 Å². The molecule has 0 aliphatic heterocycles. The van der Waals surface area contributed by atoms with Crippen molar-refractivity contribution in [2.24, 2.45) is 17.8 Å². The lowest BCUT2D eigenvalue weighted by molar-refractivity contribution is -0.117. The van der Waals surface area contributed by atoms with Gasteiger partial charge in [0.15, 0.2) is 5.82 Å². The van der Waals surface area contributed by atoms with Gasteiger partial charge in [-0.3, -0.25) is 4.79 Å². The fourth-order valence-electron chi connectivity index (χ4n) is 4.76. The minimum absolute atomic E-state index is 0.136. The Kier molecular flexibility index (Phi) is 3.57. The highest BCUT2D eigenvalue weighted by molar-refractivity contribution is 5.91. The molecule has 2 bridgehead atoms. The summed E-state index contributed by atoms with van der Waals surface area (Å²) < 4.78 is 1.90. The molecule has 130 valence electrons. The standard InChI is InChI=1S/C19H23N5O/c25-18(11-15-9-12-4-5-13(15)8-12)20-16-3-1-2-14(10-16)19-21-22-23-24(19)17-6-7-17/h1-3,10,12-13,15,17H,4-9,11H2,(H,20,25)/t12-,13-,15+/m0/s1. The first-order chi connectivity index (χ1) is 12.3. The van der Waals surface area contributed by atoms with Gasteiger partial charge in [-0.2, -0.15) is 0 Å². The molecule has 0 unspecified atom stereocenters. The van der Waals surface area contributed by atoms with Crippen LogP contribution in [0.25, 0.3) is 11.4 Å². The number of carbonyl (C=O) groups excluding carboxylic acids is 1. The summed E-state index contributed by atoms with van der Waals surface area (Å²) in [7, 11) is 0. The number of carbonyl (C=O) groups is 1. The van der Waals surface area contributed by atoms with Crippen LogP contribution in [0.5, 0.6) is 0 Å². The minimum atomic E-state index is 0.136. The molecular formula is C19H23N5O. The molecule has 1 heterocycles. The van der Waals surface area contributed by atoms with E-state index in [1.165, 1.54) is 25.7 Å². The Bertz CT molecular complexity index is 797. The van der Waals surface area contributed by atoms with Gasteiger partial charge in [-0.1, -0.05) is 18.6 Å². The maximum absolute atomic E-state index is 12.5. The number of fused-ring (bicyclic) bond motifs is 2. The smallest absolute Gasteiger partial charge is 0.224 e. The van der Waals surface area contributed by atoms with E-state index in [0.717, 1.165) is 41.8 Å². The van der Waals surface area contributed by atoms with E-state index in [1.54, 1.807) is 0 Å². The third kappa shape index (κ3) is 2.94. The van der Waals surface area contributed by atoms with E-state index in [-0.39, 0.29) is 5.91 Å². The van der Waals surface area contributed by atoms with E-state index in [1.807, 2.05) is 28.9 Å². The number of amides is 1. The normalized spacial score (nSPS) is 27.6. The van der Waals surface area contributed by atoms with Crippen LogP contribution in [0.1, 0.15) is 51.0 Å². The van der Waals surface area contributed by atoms with Gasteiger partial charge < -0.3 is 5.32 Å². The number of benzene rings is 1. The van der Waals surface area contributed by atoms with Crippen molar-refractivity contribution >= 4 is 11.6 Å². The number of hydrogen-bond donors (Lipinski definition) is 1. The molecule has 3 fully saturated rings. The second-order valence-electron chi connectivity index (χ2n) is 7.95. The maximum atomic E-state index is 12.5. The first-order valence-corrected chi connectivity index (χ1v) is 9.44. The van der Waals surface area contributed by atoms with E-state index in [2.05, 4.69) is 20.8 Å². The molecule has 3 aliphatic rings. The number of nitrogens with zero attached hydrogens (tertiary/aromatic N) is 4. The Hall–Kier alpha value is -2.24. The average Bonchev–Trinajstić information content (AvgIpc) is 3.03. The summed E-state index contributed by atoms with van der Waals surface area (Å²) in [5.41, 5.74) is 1.78. The van der Waals surface area contributed by atoms with Gasteiger partial charge >= 0.3 is 0 Å². The predicted octanol–water partition coefficient (Wildman–Crippen LogP) is 3.44.